The van der Waals surface area contributed by atoms with Crippen LogP contribution in [0.5, 0.6) is 0 Å². The molecule has 0 radical (unpaired) electrons. The zero-order chi connectivity index (χ0) is 16.2. The van der Waals surface area contributed by atoms with Crippen molar-refractivity contribution in [1.29, 1.82) is 0 Å². The molecular formula is C19H21N3S. The molecule has 1 aromatic heterocycles. The lowest BCUT2D eigenvalue weighted by molar-refractivity contribution is 0.679. The van der Waals surface area contributed by atoms with Crippen LogP contribution in [-0.2, 0) is 13.5 Å². The lowest BCUT2D eigenvalue weighted by Crippen LogP contribution is -2.18. The normalized spacial score (nSPS) is 12.3. The van der Waals surface area contributed by atoms with E-state index in [0.717, 1.165) is 22.7 Å². The lowest BCUT2D eigenvalue weighted by Gasteiger charge is -2.09. The topological polar surface area (TPSA) is 43.8 Å². The molecule has 0 spiro atoms. The number of aromatic nitrogens is 2. The SMILES string of the molecule is CC(N)Cc1c(-c2ccccc2)nn(C)c1Sc1ccccc1. The number of aryl methyl sites for hydroxylation is 1. The Hall–Kier alpha value is -2.04. The second-order valence-electron chi connectivity index (χ2n) is 5.72. The van der Waals surface area contributed by atoms with Gasteiger partial charge in [0.15, 0.2) is 0 Å². The Bertz CT molecular complexity index is 764. The maximum absolute atomic E-state index is 6.10. The molecule has 3 nitrogen and oxygen atoms in total. The third-order valence-corrected chi connectivity index (χ3v) is 4.83. The standard InChI is InChI=1S/C19H21N3S/c1-14(20)13-17-18(15-9-5-3-6-10-15)21-22(2)19(17)23-16-11-7-4-8-12-16/h3-12,14H,13,20H2,1-2H3. The summed E-state index contributed by atoms with van der Waals surface area (Å²) in [4.78, 5) is 1.21. The minimum absolute atomic E-state index is 0.0942. The molecule has 3 aromatic rings. The maximum atomic E-state index is 6.10. The summed E-state index contributed by atoms with van der Waals surface area (Å²) in [7, 11) is 2.00. The van der Waals surface area contributed by atoms with Crippen LogP contribution < -0.4 is 5.73 Å². The second-order valence-corrected chi connectivity index (χ2v) is 6.78. The fourth-order valence-electron chi connectivity index (χ4n) is 2.61. The van der Waals surface area contributed by atoms with Gasteiger partial charge in [0.25, 0.3) is 0 Å². The Balaban J connectivity index is 2.06. The van der Waals surface area contributed by atoms with Gasteiger partial charge in [0, 0.05) is 29.1 Å². The molecule has 1 unspecified atom stereocenters. The number of nitrogens with two attached hydrogens (primary N) is 1. The molecule has 3 rings (SSSR count). The van der Waals surface area contributed by atoms with Crippen molar-refractivity contribution in [3.8, 4) is 11.3 Å². The van der Waals surface area contributed by atoms with E-state index in [0.29, 0.717) is 0 Å². The molecule has 118 valence electrons. The summed E-state index contributed by atoms with van der Waals surface area (Å²) in [6.45, 7) is 2.04. The molecule has 0 fully saturated rings. The van der Waals surface area contributed by atoms with Gasteiger partial charge in [0.2, 0.25) is 0 Å². The number of rotatable bonds is 5. The third kappa shape index (κ3) is 3.66. The van der Waals surface area contributed by atoms with Gasteiger partial charge in [-0.15, -0.1) is 0 Å². The minimum atomic E-state index is 0.0942. The molecule has 1 atom stereocenters. The van der Waals surface area contributed by atoms with Crippen molar-refractivity contribution in [1.82, 2.24) is 9.78 Å². The monoisotopic (exact) mass is 323 g/mol. The van der Waals surface area contributed by atoms with Crippen molar-refractivity contribution in [3.05, 3.63) is 66.2 Å². The van der Waals surface area contributed by atoms with E-state index in [-0.39, 0.29) is 6.04 Å². The van der Waals surface area contributed by atoms with E-state index in [1.165, 1.54) is 10.5 Å². The van der Waals surface area contributed by atoms with Gasteiger partial charge in [-0.3, -0.25) is 4.68 Å². The molecule has 0 aliphatic heterocycles. The zero-order valence-electron chi connectivity index (χ0n) is 13.4. The zero-order valence-corrected chi connectivity index (χ0v) is 14.3. The number of nitrogens with zero attached hydrogens (tertiary/aromatic N) is 2. The molecule has 1 heterocycles. The van der Waals surface area contributed by atoms with Gasteiger partial charge >= 0.3 is 0 Å². The average Bonchev–Trinajstić information content (AvgIpc) is 2.85. The molecule has 2 aromatic carbocycles. The van der Waals surface area contributed by atoms with Gasteiger partial charge in [-0.1, -0.05) is 60.3 Å². The Morgan fingerprint density at radius 1 is 1.04 bits per heavy atom. The van der Waals surface area contributed by atoms with Gasteiger partial charge in [0.05, 0.1) is 5.69 Å². The molecule has 2 N–H and O–H groups in total. The van der Waals surface area contributed by atoms with Crippen LogP contribution >= 0.6 is 11.8 Å². The second kappa shape index (κ2) is 7.02. The molecule has 0 saturated carbocycles. The smallest absolute Gasteiger partial charge is 0.102 e. The maximum Gasteiger partial charge on any atom is 0.102 e. The Kier molecular flexibility index (Phi) is 4.84. The summed E-state index contributed by atoms with van der Waals surface area (Å²) in [5.74, 6) is 0. The van der Waals surface area contributed by atoms with Crippen LogP contribution in [0.2, 0.25) is 0 Å². The van der Waals surface area contributed by atoms with Crippen LogP contribution in [0.3, 0.4) is 0 Å². The lowest BCUT2D eigenvalue weighted by atomic mass is 10.0. The quantitative estimate of drug-likeness (QED) is 0.768. The van der Waals surface area contributed by atoms with Crippen LogP contribution in [0.25, 0.3) is 11.3 Å². The van der Waals surface area contributed by atoms with Gasteiger partial charge in [-0.2, -0.15) is 5.10 Å². The predicted molar refractivity (Wildman–Crippen MR) is 96.6 cm³/mol. The highest BCUT2D eigenvalue weighted by Crippen LogP contribution is 2.35. The first-order valence-corrected chi connectivity index (χ1v) is 8.56. The van der Waals surface area contributed by atoms with Crippen LogP contribution in [0.4, 0.5) is 0 Å². The molecule has 0 aliphatic rings. The highest BCUT2D eigenvalue weighted by atomic mass is 32.2. The molecular weight excluding hydrogens is 302 g/mol. The van der Waals surface area contributed by atoms with E-state index in [9.17, 15) is 0 Å². The summed E-state index contributed by atoms with van der Waals surface area (Å²) in [6.07, 6.45) is 0.813. The van der Waals surface area contributed by atoms with E-state index < -0.39 is 0 Å². The average molecular weight is 323 g/mol. The first-order chi connectivity index (χ1) is 11.1. The minimum Gasteiger partial charge on any atom is -0.328 e. The van der Waals surface area contributed by atoms with E-state index in [1.807, 2.05) is 42.9 Å². The molecule has 0 saturated heterocycles. The summed E-state index contributed by atoms with van der Waals surface area (Å²) in [6, 6.07) is 20.8. The van der Waals surface area contributed by atoms with Crippen LogP contribution in [0.15, 0.2) is 70.6 Å². The highest BCUT2D eigenvalue weighted by Gasteiger charge is 2.19. The molecule has 23 heavy (non-hydrogen) atoms. The van der Waals surface area contributed by atoms with Crippen molar-refractivity contribution in [2.45, 2.75) is 29.3 Å². The fourth-order valence-corrected chi connectivity index (χ4v) is 3.61. The summed E-state index contributed by atoms with van der Waals surface area (Å²) in [5.41, 5.74) is 9.49. The molecule has 0 bridgehead atoms. The largest absolute Gasteiger partial charge is 0.328 e. The highest BCUT2D eigenvalue weighted by molar-refractivity contribution is 7.99. The van der Waals surface area contributed by atoms with Gasteiger partial charge in [-0.25, -0.2) is 0 Å². The predicted octanol–water partition coefficient (Wildman–Crippen LogP) is 4.13. The number of hydrogen-bond acceptors (Lipinski definition) is 3. The van der Waals surface area contributed by atoms with Gasteiger partial charge in [-0.05, 0) is 25.5 Å². The fraction of sp³-hybridized carbons (Fsp3) is 0.211. The first kappa shape index (κ1) is 15.8. The van der Waals surface area contributed by atoms with Gasteiger partial charge in [0.1, 0.15) is 5.03 Å². The van der Waals surface area contributed by atoms with Crippen molar-refractivity contribution >= 4 is 11.8 Å². The summed E-state index contributed by atoms with van der Waals surface area (Å²) < 4.78 is 1.97. The van der Waals surface area contributed by atoms with Crippen molar-refractivity contribution in [2.75, 3.05) is 0 Å². The summed E-state index contributed by atoms with van der Waals surface area (Å²) in [5, 5.41) is 5.93. The Morgan fingerprint density at radius 3 is 2.26 bits per heavy atom. The van der Waals surface area contributed by atoms with Crippen LogP contribution in [-0.4, -0.2) is 15.8 Å². The van der Waals surface area contributed by atoms with E-state index in [1.54, 1.807) is 11.8 Å². The summed E-state index contributed by atoms with van der Waals surface area (Å²) >= 11 is 1.74. The van der Waals surface area contributed by atoms with Crippen molar-refractivity contribution in [3.63, 3.8) is 0 Å². The van der Waals surface area contributed by atoms with Crippen molar-refractivity contribution in [2.24, 2.45) is 12.8 Å². The van der Waals surface area contributed by atoms with Gasteiger partial charge < -0.3 is 5.73 Å². The van der Waals surface area contributed by atoms with E-state index in [4.69, 9.17) is 10.8 Å². The Labute approximate surface area is 141 Å². The Morgan fingerprint density at radius 2 is 1.65 bits per heavy atom. The van der Waals surface area contributed by atoms with E-state index >= 15 is 0 Å². The third-order valence-electron chi connectivity index (χ3n) is 3.62. The van der Waals surface area contributed by atoms with Crippen molar-refractivity contribution < 1.29 is 0 Å². The van der Waals surface area contributed by atoms with Crippen LogP contribution in [0.1, 0.15) is 12.5 Å². The number of benzene rings is 2. The molecule has 0 amide bonds. The number of hydrogen-bond donors (Lipinski definition) is 1. The van der Waals surface area contributed by atoms with E-state index in [2.05, 4.69) is 36.4 Å². The van der Waals surface area contributed by atoms with Crippen LogP contribution in [0, 0.1) is 0 Å². The molecule has 0 aliphatic carbocycles. The molecule has 4 heteroatoms. The first-order valence-electron chi connectivity index (χ1n) is 7.75.